The standard InChI is InChI=1S/C24H29FN4O2S.C22H27ClN4O2S2.C20H25ClN4O2S2/c1-32(31)12-8-18(9-13-32)23(30)29-11-10-28(16-22(29)20-4-2-3-5-21(20)25)24-26-14-19(15-27-24)17-6-7-17;1-31(29)10-6-16(7-11-31)21(28)27-9-8-26(14-18(27)19-4-5-20(23)30-19)22-24-12-17(13-25-22)15-2-3-15;1-14-11-22-20(23-12-14)24-7-8-25(16(13-24)17-3-4-18(21)28-17)19(26)15-5-9-29(2,27)10-6-15/h2-5,14-15,17-18,22H,1,6-13,16H2;4-5,12-13,15-16,18H,1-3,6-11,14H2;3-4,11-12,15-16H,2,5-10,13H2,1H3. The van der Waals surface area contributed by atoms with Crippen molar-refractivity contribution in [2.24, 2.45) is 17.8 Å². The number of hydrogen-bond acceptors (Lipinski definition) is 17. The van der Waals surface area contributed by atoms with Crippen LogP contribution < -0.4 is 14.7 Å². The lowest BCUT2D eigenvalue weighted by Crippen LogP contribution is -2.53. The maximum Gasteiger partial charge on any atom is 0.226 e. The summed E-state index contributed by atoms with van der Waals surface area (Å²) in [5.74, 6) is 17.5. The molecule has 18 nitrogen and oxygen atoms in total. The summed E-state index contributed by atoms with van der Waals surface area (Å²) < 4.78 is 52.9. The summed E-state index contributed by atoms with van der Waals surface area (Å²) in [4.78, 5) is 81.9. The Morgan fingerprint density at radius 2 is 0.793 bits per heavy atom. The van der Waals surface area contributed by atoms with E-state index in [0.717, 1.165) is 25.6 Å². The maximum atomic E-state index is 14.8. The van der Waals surface area contributed by atoms with Crippen molar-refractivity contribution in [3.63, 3.8) is 0 Å². The third kappa shape index (κ3) is 16.1. The fourth-order valence-corrected chi connectivity index (χ4v) is 20.5. The summed E-state index contributed by atoms with van der Waals surface area (Å²) in [7, 11) is -6.06. The highest BCUT2D eigenvalue weighted by Crippen LogP contribution is 2.42. The number of aromatic nitrogens is 6. The van der Waals surface area contributed by atoms with Gasteiger partial charge in [-0.1, -0.05) is 41.4 Å². The van der Waals surface area contributed by atoms with Gasteiger partial charge >= 0.3 is 0 Å². The van der Waals surface area contributed by atoms with Crippen LogP contribution in [-0.2, 0) is 42.9 Å². The minimum absolute atomic E-state index is 0.0257. The maximum absolute atomic E-state index is 14.8. The van der Waals surface area contributed by atoms with Gasteiger partial charge in [0.1, 0.15) is 5.82 Å². The molecule has 6 aliphatic heterocycles. The van der Waals surface area contributed by atoms with Crippen molar-refractivity contribution in [2.45, 2.75) is 101 Å². The number of anilines is 3. The van der Waals surface area contributed by atoms with E-state index in [0.29, 0.717) is 166 Å². The Labute approximate surface area is 558 Å². The van der Waals surface area contributed by atoms with Gasteiger partial charge in [0, 0.05) is 164 Å². The highest BCUT2D eigenvalue weighted by molar-refractivity contribution is 8.00. The quantitative estimate of drug-likeness (QED) is 0.111. The zero-order valence-electron chi connectivity index (χ0n) is 52.0. The van der Waals surface area contributed by atoms with Crippen molar-refractivity contribution in [2.75, 3.05) is 108 Å². The molecule has 26 heteroatoms. The fraction of sp³-hybridized carbons (Fsp3) is 0.515. The van der Waals surface area contributed by atoms with Crippen LogP contribution >= 0.6 is 45.9 Å². The first-order valence-corrected chi connectivity index (χ1v) is 40.5. The second-order valence-corrected chi connectivity index (χ2v) is 37.7. The summed E-state index contributed by atoms with van der Waals surface area (Å²) in [5.41, 5.74) is 3.92. The summed E-state index contributed by atoms with van der Waals surface area (Å²) in [6.07, 6.45) is 20.0. The van der Waals surface area contributed by atoms with Crippen molar-refractivity contribution in [1.82, 2.24) is 44.6 Å². The Kier molecular flexibility index (Phi) is 20.4. The van der Waals surface area contributed by atoms with Gasteiger partial charge in [0.25, 0.3) is 0 Å². The van der Waals surface area contributed by atoms with E-state index in [9.17, 15) is 31.4 Å². The van der Waals surface area contributed by atoms with E-state index in [1.54, 1.807) is 18.2 Å². The van der Waals surface area contributed by atoms with E-state index in [4.69, 9.17) is 23.2 Å². The molecule has 11 heterocycles. The molecule has 92 heavy (non-hydrogen) atoms. The van der Waals surface area contributed by atoms with Crippen LogP contribution in [-0.4, -0.2) is 186 Å². The molecule has 492 valence electrons. The largest absolute Gasteiger partial charge is 0.337 e. The number of piperazine rings is 3. The van der Waals surface area contributed by atoms with Crippen molar-refractivity contribution in [3.05, 3.63) is 132 Å². The first-order valence-electron chi connectivity index (χ1n) is 31.9. The highest BCUT2D eigenvalue weighted by Gasteiger charge is 2.42. The lowest BCUT2D eigenvalue weighted by Gasteiger charge is -2.43. The van der Waals surface area contributed by atoms with Crippen molar-refractivity contribution < 1.29 is 31.4 Å². The van der Waals surface area contributed by atoms with Crippen LogP contribution in [0, 0.1) is 30.5 Å². The van der Waals surface area contributed by atoms with E-state index < -0.39 is 34.6 Å². The summed E-state index contributed by atoms with van der Waals surface area (Å²) in [6, 6.07) is 13.9. The summed E-state index contributed by atoms with van der Waals surface area (Å²) in [5, 5.41) is 0. The number of carbonyl (C=O) groups excluding carboxylic acids is 3. The van der Waals surface area contributed by atoms with Crippen LogP contribution in [0.5, 0.6) is 0 Å². The van der Waals surface area contributed by atoms with Crippen LogP contribution in [0.1, 0.15) is 126 Å². The number of thiophene rings is 2. The first kappa shape index (κ1) is 66.3. The SMILES string of the molecule is C=S1(=O)CCC(C(=O)N2CCN(c3ncc(C)cn3)CC2c2ccc(Cl)s2)CC1.C=S1(=O)CCC(C(=O)N2CCN(c3ncc(C4CC4)cn3)CC2c2ccc(Cl)s2)CC1.C=S1(=O)CCC(C(=O)N2CCN(c3ncc(C4CC4)cn3)CC2c2ccccc2F)CC1. The minimum Gasteiger partial charge on any atom is -0.337 e. The highest BCUT2D eigenvalue weighted by atomic mass is 35.5. The van der Waals surface area contributed by atoms with Gasteiger partial charge in [-0.25, -0.2) is 34.3 Å². The van der Waals surface area contributed by atoms with E-state index in [1.165, 1.54) is 65.6 Å². The Morgan fingerprint density at radius 1 is 0.467 bits per heavy atom. The topological polar surface area (TPSA) is 199 Å². The van der Waals surface area contributed by atoms with Gasteiger partial charge in [0.15, 0.2) is 0 Å². The third-order valence-corrected chi connectivity index (χ3v) is 27.7. The predicted octanol–water partition coefficient (Wildman–Crippen LogP) is 9.61. The number of benzene rings is 1. The van der Waals surface area contributed by atoms with Crippen molar-refractivity contribution in [1.29, 1.82) is 0 Å². The fourth-order valence-electron chi connectivity index (χ4n) is 13.3. The molecule has 5 aromatic heterocycles. The zero-order chi connectivity index (χ0) is 64.5. The van der Waals surface area contributed by atoms with Gasteiger partial charge in [-0.3, -0.25) is 27.0 Å². The van der Waals surface area contributed by atoms with E-state index in [-0.39, 0.29) is 53.4 Å². The van der Waals surface area contributed by atoms with E-state index >= 15 is 0 Å². The zero-order valence-corrected chi connectivity index (χ0v) is 57.6. The second kappa shape index (κ2) is 28.3. The Hall–Kier alpha value is -5.76. The minimum atomic E-state index is -2.06. The van der Waals surface area contributed by atoms with Gasteiger partial charge in [0.05, 0.1) is 26.8 Å². The molecular weight excluding hydrogens is 1310 g/mol. The number of hydrogen-bond donors (Lipinski definition) is 0. The van der Waals surface area contributed by atoms with Gasteiger partial charge in [-0.05, 0) is 176 Å². The molecule has 3 atom stereocenters. The molecule has 8 fully saturated rings. The summed E-state index contributed by atoms with van der Waals surface area (Å²) >= 11 is 15.5. The average Bonchev–Trinajstić information content (AvgIpc) is 0.982. The second-order valence-electron chi connectivity index (χ2n) is 26.0. The number of halogens is 3. The number of nitrogens with zero attached hydrogens (tertiary/aromatic N) is 12. The Balaban J connectivity index is 0.000000133. The normalized spacial score (nSPS) is 28.5. The van der Waals surface area contributed by atoms with Crippen molar-refractivity contribution in [3.8, 4) is 0 Å². The molecular formula is C66H81Cl2FN12O6S5. The van der Waals surface area contributed by atoms with Gasteiger partial charge in [-0.15, -0.1) is 22.7 Å². The third-order valence-electron chi connectivity index (χ3n) is 19.2. The smallest absolute Gasteiger partial charge is 0.226 e. The van der Waals surface area contributed by atoms with Crippen LogP contribution in [0.3, 0.4) is 0 Å². The molecule has 0 N–H and O–H groups in total. The number of carbonyl (C=O) groups is 3. The Bertz CT molecular complexity index is 3930. The molecule has 2 aliphatic carbocycles. The molecule has 3 amide bonds. The first-order chi connectivity index (χ1) is 44.1. The van der Waals surface area contributed by atoms with Crippen LogP contribution in [0.25, 0.3) is 0 Å². The monoisotopic (exact) mass is 1390 g/mol. The molecule has 0 spiro atoms. The molecule has 1 aromatic carbocycles. The number of amides is 3. The van der Waals surface area contributed by atoms with E-state index in [1.807, 2.05) is 88.0 Å². The van der Waals surface area contributed by atoms with Crippen LogP contribution in [0.2, 0.25) is 8.67 Å². The van der Waals surface area contributed by atoms with Gasteiger partial charge in [-0.2, -0.15) is 0 Å². The number of aryl methyl sites for hydroxylation is 1. The van der Waals surface area contributed by atoms with E-state index in [2.05, 4.69) is 57.3 Å². The predicted molar refractivity (Wildman–Crippen MR) is 373 cm³/mol. The molecule has 14 rings (SSSR count). The van der Waals surface area contributed by atoms with Gasteiger partial charge < -0.3 is 29.4 Å². The molecule has 0 radical (unpaired) electrons. The lowest BCUT2D eigenvalue weighted by atomic mass is 9.96. The van der Waals surface area contributed by atoms with Crippen molar-refractivity contribution >= 4 is 128 Å². The summed E-state index contributed by atoms with van der Waals surface area (Å²) in [6.45, 7) is 7.34. The van der Waals surface area contributed by atoms with Gasteiger partial charge in [0.2, 0.25) is 35.6 Å². The molecule has 0 bridgehead atoms. The molecule has 3 unspecified atom stereocenters. The Morgan fingerprint density at radius 3 is 1.12 bits per heavy atom. The molecule has 8 aliphatic rings. The number of rotatable bonds is 11. The average molecular weight is 1390 g/mol. The molecule has 2 saturated carbocycles. The lowest BCUT2D eigenvalue weighted by molar-refractivity contribution is -0.139. The molecule has 6 saturated heterocycles. The molecule has 6 aromatic rings. The van der Waals surface area contributed by atoms with Crippen LogP contribution in [0.4, 0.5) is 22.2 Å². The van der Waals surface area contributed by atoms with Crippen LogP contribution in [0.15, 0.2) is 85.7 Å².